The summed E-state index contributed by atoms with van der Waals surface area (Å²) in [5, 5.41) is 24.0. The number of carboxylic acid groups (broad SMARTS) is 1. The van der Waals surface area contributed by atoms with Gasteiger partial charge in [-0.1, -0.05) is 18.1 Å². The molecule has 3 N–H and O–H groups in total. The number of aromatic carboxylic acids is 1. The van der Waals surface area contributed by atoms with Gasteiger partial charge >= 0.3 is 5.97 Å². The Morgan fingerprint density at radius 2 is 1.95 bits per heavy atom. The number of aromatic nitrogens is 5. The van der Waals surface area contributed by atoms with Crippen molar-refractivity contribution in [2.75, 3.05) is 18.8 Å². The van der Waals surface area contributed by atoms with Crippen molar-refractivity contribution in [1.82, 2.24) is 30.2 Å². The van der Waals surface area contributed by atoms with Crippen LogP contribution in [-0.2, 0) is 6.54 Å². The van der Waals surface area contributed by atoms with Crippen molar-refractivity contribution in [2.24, 2.45) is 0 Å². The van der Waals surface area contributed by atoms with Crippen molar-refractivity contribution < 1.29 is 14.5 Å². The Hall–Kier alpha value is -2.49. The van der Waals surface area contributed by atoms with Crippen LogP contribution >= 0.6 is 0 Å². The molecule has 0 aliphatic carbocycles. The van der Waals surface area contributed by atoms with Gasteiger partial charge in [0.05, 0.1) is 5.69 Å². The highest BCUT2D eigenvalue weighted by atomic mass is 16.6. The summed E-state index contributed by atoms with van der Waals surface area (Å²) in [4.78, 5) is 13.6. The quantitative estimate of drug-likeness (QED) is 0.817. The molecule has 10 heteroatoms. The second-order valence-corrected chi connectivity index (χ2v) is 5.27. The first-order chi connectivity index (χ1) is 10.7. The van der Waals surface area contributed by atoms with E-state index in [-0.39, 0.29) is 17.3 Å². The average molecular weight is 307 g/mol. The van der Waals surface area contributed by atoms with Gasteiger partial charge in [-0.3, -0.25) is 4.90 Å². The molecule has 0 aromatic carbocycles. The van der Waals surface area contributed by atoms with Crippen LogP contribution in [0, 0.1) is 0 Å². The maximum absolute atomic E-state index is 11.4. The first kappa shape index (κ1) is 14.4. The molecule has 2 aromatic heterocycles. The molecule has 0 bridgehead atoms. The van der Waals surface area contributed by atoms with Crippen LogP contribution in [-0.4, -0.2) is 54.4 Å². The minimum Gasteiger partial charge on any atom is -0.476 e. The van der Waals surface area contributed by atoms with Gasteiger partial charge in [-0.25, -0.2) is 9.42 Å². The van der Waals surface area contributed by atoms with Crippen LogP contribution < -0.4 is 5.73 Å². The lowest BCUT2D eigenvalue weighted by atomic mass is 10.2. The second kappa shape index (κ2) is 6.10. The number of nitrogen functional groups attached to an aromatic ring is 1. The predicted molar refractivity (Wildman–Crippen MR) is 74.3 cm³/mol. The van der Waals surface area contributed by atoms with Gasteiger partial charge < -0.3 is 10.8 Å². The molecule has 0 spiro atoms. The summed E-state index contributed by atoms with van der Waals surface area (Å²) in [6.07, 6.45) is 4.58. The van der Waals surface area contributed by atoms with Gasteiger partial charge in [-0.15, -0.1) is 5.10 Å². The average Bonchev–Trinajstić information content (AvgIpc) is 2.98. The summed E-state index contributed by atoms with van der Waals surface area (Å²) in [7, 11) is 0. The summed E-state index contributed by atoms with van der Waals surface area (Å²) in [6, 6.07) is 0. The number of hydrogen-bond acceptors (Lipinski definition) is 8. The van der Waals surface area contributed by atoms with Crippen LogP contribution in [0.1, 0.15) is 41.9 Å². The molecule has 1 saturated heterocycles. The zero-order chi connectivity index (χ0) is 15.5. The van der Waals surface area contributed by atoms with Gasteiger partial charge in [0.25, 0.3) is 0 Å². The largest absolute Gasteiger partial charge is 0.476 e. The Morgan fingerprint density at radius 1 is 1.23 bits per heavy atom. The molecule has 118 valence electrons. The fourth-order valence-electron chi connectivity index (χ4n) is 2.62. The van der Waals surface area contributed by atoms with Gasteiger partial charge in [-0.2, -0.15) is 4.68 Å². The third-order valence-corrected chi connectivity index (χ3v) is 3.73. The van der Waals surface area contributed by atoms with E-state index in [1.165, 1.54) is 17.5 Å². The molecule has 22 heavy (non-hydrogen) atoms. The van der Waals surface area contributed by atoms with Gasteiger partial charge in [0.15, 0.2) is 5.69 Å². The van der Waals surface area contributed by atoms with Crippen molar-refractivity contribution in [3.05, 3.63) is 11.4 Å². The van der Waals surface area contributed by atoms with Crippen LogP contribution in [0.5, 0.6) is 0 Å². The highest BCUT2D eigenvalue weighted by Gasteiger charge is 2.25. The standard InChI is InChI=1S/C12H17N7O3/c13-10-11(16-22-15-10)19-8(9(12(20)21)14-17-19)7-18-5-3-1-2-4-6-18/h1-7H2,(H2,13,15)(H,20,21). The summed E-state index contributed by atoms with van der Waals surface area (Å²) >= 11 is 0. The van der Waals surface area contributed by atoms with Crippen LogP contribution in [0.25, 0.3) is 5.82 Å². The van der Waals surface area contributed by atoms with E-state index < -0.39 is 5.97 Å². The Labute approximate surface area is 125 Å². The van der Waals surface area contributed by atoms with Crippen molar-refractivity contribution in [3.63, 3.8) is 0 Å². The number of nitrogens with zero attached hydrogens (tertiary/aromatic N) is 6. The monoisotopic (exact) mass is 307 g/mol. The van der Waals surface area contributed by atoms with Crippen molar-refractivity contribution >= 4 is 11.8 Å². The highest BCUT2D eigenvalue weighted by Crippen LogP contribution is 2.19. The van der Waals surface area contributed by atoms with E-state index in [0.29, 0.717) is 12.2 Å². The van der Waals surface area contributed by atoms with Crippen molar-refractivity contribution in [2.45, 2.75) is 32.2 Å². The van der Waals surface area contributed by atoms with Crippen LogP contribution in [0.2, 0.25) is 0 Å². The number of anilines is 1. The number of carboxylic acids is 1. The topological polar surface area (TPSA) is 136 Å². The lowest BCUT2D eigenvalue weighted by Crippen LogP contribution is -2.26. The Balaban J connectivity index is 1.94. The van der Waals surface area contributed by atoms with Crippen LogP contribution in [0.15, 0.2) is 4.63 Å². The second-order valence-electron chi connectivity index (χ2n) is 5.27. The molecule has 0 unspecified atom stereocenters. The summed E-state index contributed by atoms with van der Waals surface area (Å²) in [5.41, 5.74) is 5.99. The molecule has 0 saturated carbocycles. The number of nitrogens with two attached hydrogens (primary N) is 1. The highest BCUT2D eigenvalue weighted by molar-refractivity contribution is 5.86. The fourth-order valence-corrected chi connectivity index (χ4v) is 2.62. The molecule has 1 aliphatic rings. The minimum atomic E-state index is -1.13. The molecular formula is C12H17N7O3. The number of rotatable bonds is 4. The number of hydrogen-bond donors (Lipinski definition) is 2. The van der Waals surface area contributed by atoms with E-state index in [0.717, 1.165) is 25.9 Å². The molecule has 3 heterocycles. The lowest BCUT2D eigenvalue weighted by molar-refractivity contribution is 0.0687. The van der Waals surface area contributed by atoms with E-state index in [1.807, 2.05) is 0 Å². The van der Waals surface area contributed by atoms with E-state index in [9.17, 15) is 9.90 Å². The van der Waals surface area contributed by atoms with E-state index in [2.05, 4.69) is 30.2 Å². The third kappa shape index (κ3) is 2.77. The molecule has 1 aliphatic heterocycles. The zero-order valence-corrected chi connectivity index (χ0v) is 12.0. The molecule has 10 nitrogen and oxygen atoms in total. The summed E-state index contributed by atoms with van der Waals surface area (Å²) < 4.78 is 5.85. The fraction of sp³-hybridized carbons (Fsp3) is 0.583. The first-order valence-corrected chi connectivity index (χ1v) is 7.15. The van der Waals surface area contributed by atoms with Gasteiger partial charge in [-0.05, 0) is 36.2 Å². The summed E-state index contributed by atoms with van der Waals surface area (Å²) in [6.45, 7) is 2.24. The predicted octanol–water partition coefficient (Wildman–Crippen LogP) is 0.307. The van der Waals surface area contributed by atoms with E-state index in [1.54, 1.807) is 0 Å². The van der Waals surface area contributed by atoms with Crippen molar-refractivity contribution in [1.29, 1.82) is 0 Å². The first-order valence-electron chi connectivity index (χ1n) is 7.15. The Morgan fingerprint density at radius 3 is 2.55 bits per heavy atom. The molecule has 2 aromatic rings. The molecule has 0 radical (unpaired) electrons. The van der Waals surface area contributed by atoms with Gasteiger partial charge in [0.1, 0.15) is 0 Å². The van der Waals surface area contributed by atoms with Crippen LogP contribution in [0.4, 0.5) is 5.82 Å². The third-order valence-electron chi connectivity index (χ3n) is 3.73. The van der Waals surface area contributed by atoms with Crippen molar-refractivity contribution in [3.8, 4) is 5.82 Å². The Kier molecular flexibility index (Phi) is 4.00. The number of likely N-dealkylation sites (tertiary alicyclic amines) is 1. The maximum atomic E-state index is 11.4. The van der Waals surface area contributed by atoms with E-state index >= 15 is 0 Å². The molecular weight excluding hydrogens is 290 g/mol. The molecule has 1 fully saturated rings. The molecule has 0 amide bonds. The smallest absolute Gasteiger partial charge is 0.358 e. The minimum absolute atomic E-state index is 0.0407. The number of carbonyl (C=O) groups is 1. The lowest BCUT2D eigenvalue weighted by Gasteiger charge is -2.19. The maximum Gasteiger partial charge on any atom is 0.358 e. The Bertz CT molecular complexity index is 657. The normalized spacial score (nSPS) is 16.5. The molecule has 3 rings (SSSR count). The summed E-state index contributed by atoms with van der Waals surface area (Å²) in [5.74, 6) is -0.935. The SMILES string of the molecule is Nc1nonc1-n1nnc(C(=O)O)c1CN1CCCCCC1. The van der Waals surface area contributed by atoms with Gasteiger partial charge in [0.2, 0.25) is 11.6 Å². The molecule has 0 atom stereocenters. The van der Waals surface area contributed by atoms with Crippen LogP contribution in [0.3, 0.4) is 0 Å². The zero-order valence-electron chi connectivity index (χ0n) is 12.0. The van der Waals surface area contributed by atoms with E-state index in [4.69, 9.17) is 5.73 Å². The van der Waals surface area contributed by atoms with Gasteiger partial charge in [0, 0.05) is 6.54 Å².